The molecule has 2 N–H and O–H groups in total. The smallest absolute Gasteiger partial charge is 0.241 e. The van der Waals surface area contributed by atoms with Crippen molar-refractivity contribution in [1.82, 2.24) is 4.72 Å². The molecular weight excluding hydrogens is 328 g/mol. The molecule has 7 heteroatoms. The van der Waals surface area contributed by atoms with Crippen LogP contribution in [-0.2, 0) is 14.8 Å². The van der Waals surface area contributed by atoms with Crippen molar-refractivity contribution < 1.29 is 17.9 Å². The van der Waals surface area contributed by atoms with E-state index >= 15 is 0 Å². The Balaban J connectivity index is 1.97. The highest BCUT2D eigenvalue weighted by atomic mass is 32.2. The lowest BCUT2D eigenvalue weighted by molar-refractivity contribution is -0.115. The third-order valence-electron chi connectivity index (χ3n) is 3.59. The molecule has 24 heavy (non-hydrogen) atoms. The molecule has 0 fully saturated rings. The van der Waals surface area contributed by atoms with Gasteiger partial charge in [0.05, 0.1) is 18.6 Å². The van der Waals surface area contributed by atoms with Gasteiger partial charge in [0, 0.05) is 5.69 Å². The second-order valence-corrected chi connectivity index (χ2v) is 7.11. The Morgan fingerprint density at radius 1 is 1.04 bits per heavy atom. The SMILES string of the molecule is COc1ccc(NC(=O)CNS(=O)(=O)c2ccc(C)c(C)c2)cc1. The van der Waals surface area contributed by atoms with Crippen LogP contribution in [0.15, 0.2) is 47.4 Å². The van der Waals surface area contributed by atoms with Gasteiger partial charge in [0.25, 0.3) is 0 Å². The highest BCUT2D eigenvalue weighted by Gasteiger charge is 2.16. The maximum absolute atomic E-state index is 12.2. The van der Waals surface area contributed by atoms with Crippen LogP contribution < -0.4 is 14.8 Å². The molecule has 128 valence electrons. The van der Waals surface area contributed by atoms with Crippen LogP contribution in [0.25, 0.3) is 0 Å². The summed E-state index contributed by atoms with van der Waals surface area (Å²) in [6.45, 7) is 3.40. The predicted octanol–water partition coefficient (Wildman–Crippen LogP) is 2.23. The second kappa shape index (κ2) is 7.46. The van der Waals surface area contributed by atoms with Gasteiger partial charge in [-0.1, -0.05) is 6.07 Å². The predicted molar refractivity (Wildman–Crippen MR) is 92.7 cm³/mol. The maximum Gasteiger partial charge on any atom is 0.241 e. The molecule has 2 rings (SSSR count). The molecule has 0 aliphatic heterocycles. The van der Waals surface area contributed by atoms with Crippen LogP contribution in [-0.4, -0.2) is 28.0 Å². The zero-order valence-corrected chi connectivity index (χ0v) is 14.6. The van der Waals surface area contributed by atoms with Gasteiger partial charge in [0.15, 0.2) is 0 Å². The number of nitrogens with one attached hydrogen (secondary N) is 2. The lowest BCUT2D eigenvalue weighted by Crippen LogP contribution is -2.32. The van der Waals surface area contributed by atoms with Crippen molar-refractivity contribution in [3.05, 3.63) is 53.6 Å². The Hall–Kier alpha value is -2.38. The van der Waals surface area contributed by atoms with Gasteiger partial charge in [0.2, 0.25) is 15.9 Å². The molecule has 0 aromatic heterocycles. The molecular formula is C17H20N2O4S. The molecule has 0 heterocycles. The summed E-state index contributed by atoms with van der Waals surface area (Å²) in [5.74, 6) is 0.219. The zero-order valence-electron chi connectivity index (χ0n) is 13.8. The van der Waals surface area contributed by atoms with Crippen LogP contribution in [0.1, 0.15) is 11.1 Å². The van der Waals surface area contributed by atoms with Crippen LogP contribution in [0.3, 0.4) is 0 Å². The molecule has 1 amide bonds. The van der Waals surface area contributed by atoms with Crippen molar-refractivity contribution in [2.24, 2.45) is 0 Å². The number of hydrogen-bond acceptors (Lipinski definition) is 4. The average molecular weight is 348 g/mol. The Bertz CT molecular complexity index is 830. The van der Waals surface area contributed by atoms with Gasteiger partial charge in [-0.25, -0.2) is 13.1 Å². The van der Waals surface area contributed by atoms with Crippen molar-refractivity contribution in [3.8, 4) is 5.75 Å². The number of anilines is 1. The van der Waals surface area contributed by atoms with E-state index in [0.717, 1.165) is 11.1 Å². The van der Waals surface area contributed by atoms with Crippen molar-refractivity contribution in [2.45, 2.75) is 18.7 Å². The molecule has 0 saturated heterocycles. The molecule has 2 aromatic carbocycles. The summed E-state index contributed by atoms with van der Waals surface area (Å²) < 4.78 is 31.8. The summed E-state index contributed by atoms with van der Waals surface area (Å²) in [5.41, 5.74) is 2.44. The minimum Gasteiger partial charge on any atom is -0.497 e. The van der Waals surface area contributed by atoms with Gasteiger partial charge >= 0.3 is 0 Å². The van der Waals surface area contributed by atoms with E-state index in [1.54, 1.807) is 43.5 Å². The molecule has 0 bridgehead atoms. The Kier molecular flexibility index (Phi) is 5.58. The van der Waals surface area contributed by atoms with Gasteiger partial charge in [-0.05, 0) is 61.4 Å². The fraction of sp³-hybridized carbons (Fsp3) is 0.235. The summed E-state index contributed by atoms with van der Waals surface area (Å²) in [6.07, 6.45) is 0. The number of rotatable bonds is 6. The van der Waals surface area contributed by atoms with Gasteiger partial charge < -0.3 is 10.1 Å². The summed E-state index contributed by atoms with van der Waals surface area (Å²) in [5, 5.41) is 2.62. The number of hydrogen-bond donors (Lipinski definition) is 2. The minimum atomic E-state index is -3.73. The number of methoxy groups -OCH3 is 1. The van der Waals surface area contributed by atoms with E-state index in [2.05, 4.69) is 10.0 Å². The number of amides is 1. The largest absolute Gasteiger partial charge is 0.497 e. The number of carbonyl (C=O) groups excluding carboxylic acids is 1. The van der Waals surface area contributed by atoms with Crippen molar-refractivity contribution in [3.63, 3.8) is 0 Å². The Labute approximate surface area is 141 Å². The van der Waals surface area contributed by atoms with Gasteiger partial charge in [-0.2, -0.15) is 0 Å². The first-order valence-electron chi connectivity index (χ1n) is 7.32. The van der Waals surface area contributed by atoms with E-state index in [9.17, 15) is 13.2 Å². The fourth-order valence-corrected chi connectivity index (χ4v) is 3.07. The first-order valence-corrected chi connectivity index (χ1v) is 8.81. The lowest BCUT2D eigenvalue weighted by atomic mass is 10.1. The van der Waals surface area contributed by atoms with Crippen molar-refractivity contribution >= 4 is 21.6 Å². The molecule has 0 radical (unpaired) electrons. The van der Waals surface area contributed by atoms with Crippen LogP contribution in [0, 0.1) is 13.8 Å². The molecule has 0 spiro atoms. The molecule has 0 unspecified atom stereocenters. The Morgan fingerprint density at radius 2 is 1.71 bits per heavy atom. The van der Waals surface area contributed by atoms with E-state index in [1.165, 1.54) is 6.07 Å². The number of benzene rings is 2. The highest BCUT2D eigenvalue weighted by Crippen LogP contribution is 2.16. The summed E-state index contributed by atoms with van der Waals surface area (Å²) in [7, 11) is -2.18. The molecule has 0 aliphatic carbocycles. The third-order valence-corrected chi connectivity index (χ3v) is 4.98. The number of sulfonamides is 1. The average Bonchev–Trinajstić information content (AvgIpc) is 2.56. The first-order chi connectivity index (χ1) is 11.3. The number of ether oxygens (including phenoxy) is 1. The van der Waals surface area contributed by atoms with E-state index in [4.69, 9.17) is 4.74 Å². The quantitative estimate of drug-likeness (QED) is 0.838. The summed E-state index contributed by atoms with van der Waals surface area (Å²) in [4.78, 5) is 12.0. The van der Waals surface area contributed by atoms with Crippen LogP contribution in [0.4, 0.5) is 5.69 Å². The summed E-state index contributed by atoms with van der Waals surface area (Å²) >= 11 is 0. The maximum atomic E-state index is 12.2. The summed E-state index contributed by atoms with van der Waals surface area (Å²) in [6, 6.07) is 11.6. The van der Waals surface area contributed by atoms with Crippen molar-refractivity contribution in [2.75, 3.05) is 19.0 Å². The molecule has 2 aromatic rings. The lowest BCUT2D eigenvalue weighted by Gasteiger charge is -2.09. The standard InChI is InChI=1S/C17H20N2O4S/c1-12-4-9-16(10-13(12)2)24(21,22)18-11-17(20)19-14-5-7-15(23-3)8-6-14/h4-10,18H,11H2,1-3H3,(H,19,20). The van der Waals surface area contributed by atoms with Crippen LogP contribution >= 0.6 is 0 Å². The van der Waals surface area contributed by atoms with E-state index < -0.39 is 15.9 Å². The van der Waals surface area contributed by atoms with Gasteiger partial charge in [-0.3, -0.25) is 4.79 Å². The van der Waals surface area contributed by atoms with Crippen LogP contribution in [0.5, 0.6) is 5.75 Å². The van der Waals surface area contributed by atoms with E-state index in [0.29, 0.717) is 11.4 Å². The van der Waals surface area contributed by atoms with Gasteiger partial charge in [-0.15, -0.1) is 0 Å². The minimum absolute atomic E-state index is 0.142. The topological polar surface area (TPSA) is 84.5 Å². The van der Waals surface area contributed by atoms with Crippen molar-refractivity contribution in [1.29, 1.82) is 0 Å². The fourth-order valence-electron chi connectivity index (χ4n) is 2.00. The third kappa shape index (κ3) is 4.56. The van der Waals surface area contributed by atoms with E-state index in [-0.39, 0.29) is 11.4 Å². The van der Waals surface area contributed by atoms with Crippen LogP contribution in [0.2, 0.25) is 0 Å². The van der Waals surface area contributed by atoms with E-state index in [1.807, 2.05) is 13.8 Å². The molecule has 0 atom stereocenters. The first kappa shape index (κ1) is 18.0. The highest BCUT2D eigenvalue weighted by molar-refractivity contribution is 7.89. The molecule has 6 nitrogen and oxygen atoms in total. The molecule has 0 saturated carbocycles. The Morgan fingerprint density at radius 3 is 2.29 bits per heavy atom. The number of carbonyl (C=O) groups is 1. The molecule has 0 aliphatic rings. The number of aryl methyl sites for hydroxylation is 2. The normalized spacial score (nSPS) is 11.1. The monoisotopic (exact) mass is 348 g/mol. The van der Waals surface area contributed by atoms with Gasteiger partial charge in [0.1, 0.15) is 5.75 Å². The second-order valence-electron chi connectivity index (χ2n) is 5.35. The zero-order chi connectivity index (χ0) is 17.7.